The summed E-state index contributed by atoms with van der Waals surface area (Å²) >= 11 is 9.37. The molecule has 0 unspecified atom stereocenters. The number of benzene rings is 2. The van der Waals surface area contributed by atoms with Gasteiger partial charge in [-0.25, -0.2) is 4.79 Å². The molecule has 0 saturated heterocycles. The van der Waals surface area contributed by atoms with Gasteiger partial charge in [0.2, 0.25) is 0 Å². The largest absolute Gasteiger partial charge is 0.476 e. The van der Waals surface area contributed by atoms with Crippen LogP contribution in [-0.2, 0) is 9.53 Å². The van der Waals surface area contributed by atoms with E-state index in [0.717, 1.165) is 22.0 Å². The molecule has 2 aromatic carbocycles. The molecule has 2 rings (SSSR count). The lowest BCUT2D eigenvalue weighted by atomic mass is 9.98. The molecule has 0 spiro atoms. The van der Waals surface area contributed by atoms with Gasteiger partial charge in [0.1, 0.15) is 5.75 Å². The SMILES string of the molecule is C=C(c1ccc(Cl)cc1)c1ccc(OC(C)(C)C(=O)OCC(C)(C)CBr)cc1. The van der Waals surface area contributed by atoms with Crippen molar-refractivity contribution in [2.45, 2.75) is 33.3 Å². The molecule has 28 heavy (non-hydrogen) atoms. The number of esters is 1. The van der Waals surface area contributed by atoms with Crippen molar-refractivity contribution in [2.24, 2.45) is 5.41 Å². The molecule has 2 aromatic rings. The molecular weight excluding hydrogens is 440 g/mol. The van der Waals surface area contributed by atoms with Gasteiger partial charge in [-0.05, 0) is 54.8 Å². The van der Waals surface area contributed by atoms with E-state index in [1.807, 2.05) is 62.4 Å². The molecule has 0 aromatic heterocycles. The van der Waals surface area contributed by atoms with Gasteiger partial charge in [-0.15, -0.1) is 0 Å². The first-order valence-electron chi connectivity index (χ1n) is 9.01. The Labute approximate surface area is 180 Å². The van der Waals surface area contributed by atoms with Crippen LogP contribution in [0.4, 0.5) is 0 Å². The second-order valence-corrected chi connectivity index (χ2v) is 8.99. The number of hydrogen-bond donors (Lipinski definition) is 0. The van der Waals surface area contributed by atoms with Crippen molar-refractivity contribution in [2.75, 3.05) is 11.9 Å². The molecule has 0 atom stereocenters. The van der Waals surface area contributed by atoms with E-state index in [9.17, 15) is 4.79 Å². The number of carbonyl (C=O) groups is 1. The number of halogens is 2. The summed E-state index contributed by atoms with van der Waals surface area (Å²) in [4.78, 5) is 12.4. The average Bonchev–Trinajstić information content (AvgIpc) is 2.66. The van der Waals surface area contributed by atoms with Crippen LogP contribution in [0.5, 0.6) is 5.75 Å². The third-order valence-corrected chi connectivity index (χ3v) is 5.99. The molecule has 0 aliphatic carbocycles. The van der Waals surface area contributed by atoms with Crippen LogP contribution >= 0.6 is 27.5 Å². The zero-order valence-corrected chi connectivity index (χ0v) is 19.1. The van der Waals surface area contributed by atoms with E-state index in [2.05, 4.69) is 22.5 Å². The van der Waals surface area contributed by atoms with Crippen LogP contribution < -0.4 is 4.74 Å². The normalized spacial score (nSPS) is 11.8. The second-order valence-electron chi connectivity index (χ2n) is 8.00. The van der Waals surface area contributed by atoms with E-state index < -0.39 is 11.6 Å². The molecule has 5 heteroatoms. The Morgan fingerprint density at radius 3 is 2.00 bits per heavy atom. The number of alkyl halides is 1. The van der Waals surface area contributed by atoms with Crippen LogP contribution in [0.1, 0.15) is 38.8 Å². The monoisotopic (exact) mass is 464 g/mol. The van der Waals surface area contributed by atoms with Crippen LogP contribution in [-0.4, -0.2) is 23.5 Å². The number of ether oxygens (including phenoxy) is 2. The smallest absolute Gasteiger partial charge is 0.349 e. The number of rotatable bonds is 8. The van der Waals surface area contributed by atoms with E-state index in [1.165, 1.54) is 0 Å². The Morgan fingerprint density at radius 1 is 1.00 bits per heavy atom. The van der Waals surface area contributed by atoms with Crippen molar-refractivity contribution in [1.82, 2.24) is 0 Å². The van der Waals surface area contributed by atoms with Gasteiger partial charge in [0.15, 0.2) is 5.60 Å². The van der Waals surface area contributed by atoms with Gasteiger partial charge in [0.05, 0.1) is 6.61 Å². The Kier molecular flexibility index (Phi) is 7.35. The number of hydrogen-bond acceptors (Lipinski definition) is 3. The first-order chi connectivity index (χ1) is 13.0. The summed E-state index contributed by atoms with van der Waals surface area (Å²) in [5, 5.41) is 1.43. The maximum Gasteiger partial charge on any atom is 0.349 e. The fraction of sp³-hybridized carbons (Fsp3) is 0.348. The van der Waals surface area contributed by atoms with Crippen molar-refractivity contribution >= 4 is 39.1 Å². The summed E-state index contributed by atoms with van der Waals surface area (Å²) in [5.74, 6) is 0.200. The summed E-state index contributed by atoms with van der Waals surface area (Å²) in [5.41, 5.74) is 1.64. The summed E-state index contributed by atoms with van der Waals surface area (Å²) < 4.78 is 11.3. The second kappa shape index (κ2) is 9.15. The highest BCUT2D eigenvalue weighted by atomic mass is 79.9. The summed E-state index contributed by atoms with van der Waals surface area (Å²) in [7, 11) is 0. The third-order valence-electron chi connectivity index (χ3n) is 4.22. The van der Waals surface area contributed by atoms with Crippen molar-refractivity contribution in [1.29, 1.82) is 0 Å². The Bertz CT molecular complexity index is 824. The molecule has 0 N–H and O–H groups in total. The quantitative estimate of drug-likeness (QED) is 0.329. The maximum atomic E-state index is 12.4. The first-order valence-corrected chi connectivity index (χ1v) is 10.5. The van der Waals surface area contributed by atoms with E-state index in [1.54, 1.807) is 13.8 Å². The Morgan fingerprint density at radius 2 is 1.50 bits per heavy atom. The zero-order chi connectivity index (χ0) is 20.9. The van der Waals surface area contributed by atoms with Gasteiger partial charge in [-0.3, -0.25) is 0 Å². The Balaban J connectivity index is 2.03. The van der Waals surface area contributed by atoms with E-state index >= 15 is 0 Å². The molecule has 0 fully saturated rings. The minimum absolute atomic E-state index is 0.130. The van der Waals surface area contributed by atoms with Crippen LogP contribution in [0.3, 0.4) is 0 Å². The highest BCUT2D eigenvalue weighted by molar-refractivity contribution is 9.09. The molecule has 0 radical (unpaired) electrons. The van der Waals surface area contributed by atoms with E-state index in [-0.39, 0.29) is 5.41 Å². The van der Waals surface area contributed by atoms with Crippen LogP contribution in [0.2, 0.25) is 5.02 Å². The third kappa shape index (κ3) is 6.11. The predicted octanol–water partition coefficient (Wildman–Crippen LogP) is 6.52. The van der Waals surface area contributed by atoms with Crippen molar-refractivity contribution in [3.63, 3.8) is 0 Å². The predicted molar refractivity (Wildman–Crippen MR) is 119 cm³/mol. The van der Waals surface area contributed by atoms with Gasteiger partial charge in [-0.2, -0.15) is 0 Å². The lowest BCUT2D eigenvalue weighted by Crippen LogP contribution is -2.41. The molecule has 3 nitrogen and oxygen atoms in total. The molecule has 0 bridgehead atoms. The molecular formula is C23H26BrClO3. The van der Waals surface area contributed by atoms with Crippen LogP contribution in [0.15, 0.2) is 55.1 Å². The van der Waals surface area contributed by atoms with Crippen LogP contribution in [0.25, 0.3) is 5.57 Å². The van der Waals surface area contributed by atoms with Gasteiger partial charge < -0.3 is 9.47 Å². The van der Waals surface area contributed by atoms with Crippen molar-refractivity contribution < 1.29 is 14.3 Å². The van der Waals surface area contributed by atoms with Crippen molar-refractivity contribution in [3.8, 4) is 5.75 Å². The maximum absolute atomic E-state index is 12.4. The fourth-order valence-electron chi connectivity index (χ4n) is 2.35. The number of carbonyl (C=O) groups excluding carboxylic acids is 1. The molecule has 150 valence electrons. The zero-order valence-electron chi connectivity index (χ0n) is 16.7. The molecule has 0 heterocycles. The average molecular weight is 466 g/mol. The molecule has 0 aliphatic heterocycles. The Hall–Kier alpha value is -1.78. The van der Waals surface area contributed by atoms with Gasteiger partial charge in [0, 0.05) is 15.8 Å². The van der Waals surface area contributed by atoms with Gasteiger partial charge in [0.25, 0.3) is 0 Å². The molecule has 0 saturated carbocycles. The van der Waals surface area contributed by atoms with Gasteiger partial charge >= 0.3 is 5.97 Å². The van der Waals surface area contributed by atoms with Crippen LogP contribution in [0, 0.1) is 5.41 Å². The molecule has 0 aliphatic rings. The topological polar surface area (TPSA) is 35.5 Å². The highest BCUT2D eigenvalue weighted by Crippen LogP contribution is 2.27. The highest BCUT2D eigenvalue weighted by Gasteiger charge is 2.33. The summed E-state index contributed by atoms with van der Waals surface area (Å²) in [6, 6.07) is 15.0. The molecule has 0 amide bonds. The first kappa shape index (κ1) is 22.5. The minimum atomic E-state index is -1.09. The summed E-state index contributed by atoms with van der Waals surface area (Å²) in [6.07, 6.45) is 0. The fourth-order valence-corrected chi connectivity index (χ4v) is 2.64. The van der Waals surface area contributed by atoms with E-state index in [0.29, 0.717) is 17.4 Å². The minimum Gasteiger partial charge on any atom is -0.476 e. The van der Waals surface area contributed by atoms with Crippen molar-refractivity contribution in [3.05, 3.63) is 71.3 Å². The summed E-state index contributed by atoms with van der Waals surface area (Å²) in [6.45, 7) is 11.9. The van der Waals surface area contributed by atoms with E-state index in [4.69, 9.17) is 21.1 Å². The lowest BCUT2D eigenvalue weighted by molar-refractivity contribution is -0.162. The lowest BCUT2D eigenvalue weighted by Gasteiger charge is -2.27. The van der Waals surface area contributed by atoms with Gasteiger partial charge in [-0.1, -0.05) is 72.2 Å². The standard InChI is InChI=1S/C23H26BrClO3/c1-16(17-6-10-19(25)11-7-17)18-8-12-20(13-9-18)28-23(4,5)21(26)27-15-22(2,3)14-24/h6-13H,1,14-15H2,2-5H3.